The number of amides is 1. The van der Waals surface area contributed by atoms with Gasteiger partial charge in [-0.15, -0.1) is 12.4 Å². The standard InChI is InChI=1S/C12H24N2O2.ClH/c1-9(2)7-10(3-6-15)8-14-11(16)12(13)4-5-12;/h9-10,15H,3-8,13H2,1-2H3,(H,14,16);1H. The number of carbonyl (C=O) groups is 1. The predicted octanol–water partition coefficient (Wildman–Crippen LogP) is 1.06. The Morgan fingerprint density at radius 1 is 1.47 bits per heavy atom. The van der Waals surface area contributed by atoms with E-state index in [1.807, 2.05) is 0 Å². The number of hydrogen-bond acceptors (Lipinski definition) is 3. The third kappa shape index (κ3) is 5.70. The Morgan fingerprint density at radius 2 is 2.06 bits per heavy atom. The maximum atomic E-state index is 11.6. The molecule has 0 radical (unpaired) electrons. The van der Waals surface area contributed by atoms with Crippen LogP contribution in [0.2, 0.25) is 0 Å². The van der Waals surface area contributed by atoms with Gasteiger partial charge in [-0.2, -0.15) is 0 Å². The molecule has 4 N–H and O–H groups in total. The van der Waals surface area contributed by atoms with Gasteiger partial charge in [-0.25, -0.2) is 0 Å². The summed E-state index contributed by atoms with van der Waals surface area (Å²) in [6.07, 6.45) is 3.37. The van der Waals surface area contributed by atoms with E-state index in [4.69, 9.17) is 10.8 Å². The molecule has 17 heavy (non-hydrogen) atoms. The summed E-state index contributed by atoms with van der Waals surface area (Å²) < 4.78 is 0. The van der Waals surface area contributed by atoms with Crippen LogP contribution in [0.15, 0.2) is 0 Å². The van der Waals surface area contributed by atoms with Crippen LogP contribution in [-0.4, -0.2) is 29.7 Å². The zero-order chi connectivity index (χ0) is 12.2. The molecule has 0 saturated heterocycles. The van der Waals surface area contributed by atoms with Crippen molar-refractivity contribution < 1.29 is 9.90 Å². The van der Waals surface area contributed by atoms with Crippen LogP contribution in [0, 0.1) is 11.8 Å². The van der Waals surface area contributed by atoms with Crippen LogP contribution in [0.3, 0.4) is 0 Å². The lowest BCUT2D eigenvalue weighted by Gasteiger charge is -2.19. The number of nitrogens with one attached hydrogen (secondary N) is 1. The molecule has 1 amide bonds. The van der Waals surface area contributed by atoms with Crippen molar-refractivity contribution >= 4 is 18.3 Å². The normalized spacial score (nSPS) is 18.4. The molecular formula is C12H25ClN2O2. The van der Waals surface area contributed by atoms with E-state index in [9.17, 15) is 4.79 Å². The van der Waals surface area contributed by atoms with Crippen LogP contribution in [0.1, 0.15) is 39.5 Å². The number of hydrogen-bond donors (Lipinski definition) is 3. The Balaban J connectivity index is 0.00000256. The van der Waals surface area contributed by atoms with Gasteiger partial charge < -0.3 is 16.2 Å². The largest absolute Gasteiger partial charge is 0.396 e. The molecule has 1 saturated carbocycles. The molecule has 5 heteroatoms. The Labute approximate surface area is 110 Å². The van der Waals surface area contributed by atoms with Crippen molar-refractivity contribution in [2.45, 2.75) is 45.1 Å². The fraction of sp³-hybridized carbons (Fsp3) is 0.917. The van der Waals surface area contributed by atoms with Gasteiger partial charge in [0.15, 0.2) is 0 Å². The molecule has 0 aromatic heterocycles. The first-order valence-electron chi connectivity index (χ1n) is 6.16. The third-order valence-electron chi connectivity index (χ3n) is 3.13. The molecule has 0 aromatic carbocycles. The van der Waals surface area contributed by atoms with E-state index in [-0.39, 0.29) is 24.9 Å². The van der Waals surface area contributed by atoms with Crippen molar-refractivity contribution in [1.29, 1.82) is 0 Å². The summed E-state index contributed by atoms with van der Waals surface area (Å²) >= 11 is 0. The molecule has 4 nitrogen and oxygen atoms in total. The SMILES string of the molecule is CC(C)CC(CCO)CNC(=O)C1(N)CC1.Cl. The smallest absolute Gasteiger partial charge is 0.240 e. The average Bonchev–Trinajstić information content (AvgIpc) is 2.93. The number of aliphatic hydroxyl groups is 1. The maximum Gasteiger partial charge on any atom is 0.240 e. The van der Waals surface area contributed by atoms with Crippen LogP contribution in [0.5, 0.6) is 0 Å². The van der Waals surface area contributed by atoms with Crippen molar-refractivity contribution in [2.75, 3.05) is 13.2 Å². The van der Waals surface area contributed by atoms with Gasteiger partial charge in [-0.3, -0.25) is 4.79 Å². The van der Waals surface area contributed by atoms with Crippen LogP contribution in [0.25, 0.3) is 0 Å². The van der Waals surface area contributed by atoms with Gasteiger partial charge in [0.2, 0.25) is 5.91 Å². The zero-order valence-corrected chi connectivity index (χ0v) is 11.6. The second-order valence-corrected chi connectivity index (χ2v) is 5.37. The quantitative estimate of drug-likeness (QED) is 0.644. The molecule has 0 aliphatic heterocycles. The Hall–Kier alpha value is -0.320. The second kappa shape index (κ2) is 7.19. The van der Waals surface area contributed by atoms with Crippen molar-refractivity contribution in [3.8, 4) is 0 Å². The Bertz CT molecular complexity index is 243. The molecule has 102 valence electrons. The second-order valence-electron chi connectivity index (χ2n) is 5.37. The van der Waals surface area contributed by atoms with Crippen molar-refractivity contribution in [3.63, 3.8) is 0 Å². The Morgan fingerprint density at radius 3 is 2.47 bits per heavy atom. The van der Waals surface area contributed by atoms with Gasteiger partial charge in [-0.05, 0) is 37.5 Å². The molecular weight excluding hydrogens is 240 g/mol. The average molecular weight is 265 g/mol. The van der Waals surface area contributed by atoms with Gasteiger partial charge in [0.05, 0.1) is 5.54 Å². The summed E-state index contributed by atoms with van der Waals surface area (Å²) in [6.45, 7) is 5.12. The topological polar surface area (TPSA) is 75.3 Å². The van der Waals surface area contributed by atoms with Crippen molar-refractivity contribution in [1.82, 2.24) is 5.32 Å². The number of rotatable bonds is 7. The highest BCUT2D eigenvalue weighted by molar-refractivity contribution is 5.88. The molecule has 0 bridgehead atoms. The molecule has 1 aliphatic carbocycles. The summed E-state index contributed by atoms with van der Waals surface area (Å²) in [5.41, 5.74) is 5.21. The first kappa shape index (κ1) is 16.7. The molecule has 0 aromatic rings. The first-order chi connectivity index (χ1) is 7.48. The minimum atomic E-state index is -0.582. The van der Waals surface area contributed by atoms with Gasteiger partial charge >= 0.3 is 0 Å². The molecule has 0 spiro atoms. The maximum absolute atomic E-state index is 11.6. The number of aliphatic hydroxyl groups excluding tert-OH is 1. The van der Waals surface area contributed by atoms with Crippen molar-refractivity contribution in [3.05, 3.63) is 0 Å². The highest BCUT2D eigenvalue weighted by Gasteiger charge is 2.45. The number of nitrogens with two attached hydrogens (primary N) is 1. The highest BCUT2D eigenvalue weighted by atomic mass is 35.5. The molecule has 1 fully saturated rings. The van der Waals surface area contributed by atoms with Gasteiger partial charge in [0.1, 0.15) is 0 Å². The van der Waals surface area contributed by atoms with Gasteiger partial charge in [-0.1, -0.05) is 13.8 Å². The summed E-state index contributed by atoms with van der Waals surface area (Å²) in [5, 5.41) is 11.8. The minimum absolute atomic E-state index is 0. The fourth-order valence-electron chi connectivity index (χ4n) is 1.93. The van der Waals surface area contributed by atoms with E-state index in [1.54, 1.807) is 0 Å². The summed E-state index contributed by atoms with van der Waals surface area (Å²) in [6, 6.07) is 0. The lowest BCUT2D eigenvalue weighted by molar-refractivity contribution is -0.123. The Kier molecular flexibility index (Phi) is 7.05. The number of halogens is 1. The fourth-order valence-corrected chi connectivity index (χ4v) is 1.93. The summed E-state index contributed by atoms with van der Waals surface area (Å²) in [5.74, 6) is 0.914. The molecule has 0 heterocycles. The van der Waals surface area contributed by atoms with Gasteiger partial charge in [0.25, 0.3) is 0 Å². The van der Waals surface area contributed by atoms with Crippen LogP contribution < -0.4 is 11.1 Å². The van der Waals surface area contributed by atoms with Gasteiger partial charge in [0, 0.05) is 13.2 Å². The van der Waals surface area contributed by atoms with Crippen molar-refractivity contribution in [2.24, 2.45) is 17.6 Å². The summed E-state index contributed by atoms with van der Waals surface area (Å²) in [7, 11) is 0. The van der Waals surface area contributed by atoms with E-state index in [1.165, 1.54) is 0 Å². The third-order valence-corrected chi connectivity index (χ3v) is 3.13. The lowest BCUT2D eigenvalue weighted by Crippen LogP contribution is -2.44. The number of carbonyl (C=O) groups excluding carboxylic acids is 1. The monoisotopic (exact) mass is 264 g/mol. The zero-order valence-electron chi connectivity index (χ0n) is 10.7. The first-order valence-corrected chi connectivity index (χ1v) is 6.16. The predicted molar refractivity (Wildman–Crippen MR) is 71.1 cm³/mol. The van der Waals surface area contributed by atoms with E-state index in [0.717, 1.165) is 25.7 Å². The molecule has 1 rings (SSSR count). The molecule has 1 unspecified atom stereocenters. The lowest BCUT2D eigenvalue weighted by atomic mass is 9.94. The van der Waals surface area contributed by atoms with E-state index in [2.05, 4.69) is 19.2 Å². The van der Waals surface area contributed by atoms with Crippen LogP contribution >= 0.6 is 12.4 Å². The van der Waals surface area contributed by atoms with Crippen LogP contribution in [-0.2, 0) is 4.79 Å². The molecule has 1 atom stereocenters. The van der Waals surface area contributed by atoms with E-state index < -0.39 is 5.54 Å². The van der Waals surface area contributed by atoms with E-state index in [0.29, 0.717) is 18.4 Å². The highest BCUT2D eigenvalue weighted by Crippen LogP contribution is 2.32. The minimum Gasteiger partial charge on any atom is -0.396 e. The van der Waals surface area contributed by atoms with E-state index >= 15 is 0 Å². The van der Waals surface area contributed by atoms with Crippen LogP contribution in [0.4, 0.5) is 0 Å². The summed E-state index contributed by atoms with van der Waals surface area (Å²) in [4.78, 5) is 11.6. The molecule has 1 aliphatic rings.